The van der Waals surface area contributed by atoms with Crippen molar-refractivity contribution in [2.75, 3.05) is 11.9 Å². The Morgan fingerprint density at radius 2 is 1.90 bits per heavy atom. The highest BCUT2D eigenvalue weighted by Gasteiger charge is 2.25. The van der Waals surface area contributed by atoms with Crippen molar-refractivity contribution >= 4 is 28.0 Å². The minimum Gasteiger partial charge on any atom is -0.464 e. The molecule has 0 aliphatic rings. The molecule has 0 bridgehead atoms. The number of aliphatic hydroxyl groups excluding tert-OH is 1. The summed E-state index contributed by atoms with van der Waals surface area (Å²) in [6, 6.07) is -0.821. The third-order valence-corrected chi connectivity index (χ3v) is 2.98. The summed E-state index contributed by atoms with van der Waals surface area (Å²) in [4.78, 5) is 23.4. The molecule has 0 saturated carbocycles. The van der Waals surface area contributed by atoms with Crippen LogP contribution in [0.15, 0.2) is 0 Å². The summed E-state index contributed by atoms with van der Waals surface area (Å²) in [5.74, 6) is -0.528. The first-order chi connectivity index (χ1) is 9.19. The molecule has 20 heavy (non-hydrogen) atoms. The Bertz CT molecular complexity index is 316. The molecule has 0 unspecified atom stereocenters. The van der Waals surface area contributed by atoms with Gasteiger partial charge in [-0.1, -0.05) is 15.9 Å². The van der Waals surface area contributed by atoms with Crippen molar-refractivity contribution in [3.05, 3.63) is 0 Å². The molecule has 2 atom stereocenters. The predicted octanol–water partition coefficient (Wildman–Crippen LogP) is 1.98. The molecule has 0 aromatic carbocycles. The highest BCUT2D eigenvalue weighted by Crippen LogP contribution is 2.10. The minimum atomic E-state index is -0.821. The molecule has 0 heterocycles. The zero-order chi connectivity index (χ0) is 15.8. The third-order valence-electron chi connectivity index (χ3n) is 2.23. The maximum absolute atomic E-state index is 11.8. The normalized spacial score (nSPS) is 14.3. The molecule has 1 amide bonds. The van der Waals surface area contributed by atoms with E-state index < -0.39 is 29.8 Å². The van der Waals surface area contributed by atoms with E-state index in [2.05, 4.69) is 21.2 Å². The van der Waals surface area contributed by atoms with Gasteiger partial charge in [0.25, 0.3) is 0 Å². The largest absolute Gasteiger partial charge is 0.464 e. The fourth-order valence-electron chi connectivity index (χ4n) is 1.38. The van der Waals surface area contributed by atoms with Gasteiger partial charge in [-0.05, 0) is 40.5 Å². The van der Waals surface area contributed by atoms with Gasteiger partial charge >= 0.3 is 12.1 Å². The van der Waals surface area contributed by atoms with E-state index in [1.807, 2.05) is 0 Å². The van der Waals surface area contributed by atoms with Crippen LogP contribution in [0.1, 0.15) is 40.5 Å². The second-order valence-corrected chi connectivity index (χ2v) is 5.98. The smallest absolute Gasteiger partial charge is 0.408 e. The van der Waals surface area contributed by atoms with Gasteiger partial charge in [0.05, 0.1) is 12.7 Å². The van der Waals surface area contributed by atoms with Crippen molar-refractivity contribution in [2.24, 2.45) is 0 Å². The maximum Gasteiger partial charge on any atom is 0.408 e. The molecule has 0 aliphatic heterocycles. The lowest BCUT2D eigenvalue weighted by Gasteiger charge is -2.23. The Morgan fingerprint density at radius 3 is 2.35 bits per heavy atom. The van der Waals surface area contributed by atoms with E-state index in [1.165, 1.54) is 0 Å². The van der Waals surface area contributed by atoms with Crippen molar-refractivity contribution in [2.45, 2.75) is 58.3 Å². The van der Waals surface area contributed by atoms with E-state index in [0.29, 0.717) is 11.8 Å². The van der Waals surface area contributed by atoms with E-state index in [0.717, 1.165) is 0 Å². The van der Waals surface area contributed by atoms with Crippen LogP contribution in [0, 0.1) is 0 Å². The molecule has 7 heteroatoms. The summed E-state index contributed by atoms with van der Waals surface area (Å²) < 4.78 is 10.00. The van der Waals surface area contributed by atoms with E-state index >= 15 is 0 Å². The van der Waals surface area contributed by atoms with Gasteiger partial charge in [-0.2, -0.15) is 0 Å². The van der Waals surface area contributed by atoms with Gasteiger partial charge in [0.2, 0.25) is 0 Å². The lowest BCUT2D eigenvalue weighted by Crippen LogP contribution is -2.44. The summed E-state index contributed by atoms with van der Waals surface area (Å²) in [6.07, 6.45) is -0.605. The highest BCUT2D eigenvalue weighted by atomic mass is 79.9. The number of nitrogens with one attached hydrogen (secondary N) is 1. The average Bonchev–Trinajstić information content (AvgIpc) is 2.31. The summed E-state index contributed by atoms with van der Waals surface area (Å²) in [6.45, 7) is 7.13. The van der Waals surface area contributed by atoms with Gasteiger partial charge in [-0.3, -0.25) is 0 Å². The molecular weight excluding hydrogens is 330 g/mol. The molecule has 0 aromatic heterocycles. The predicted molar refractivity (Wildman–Crippen MR) is 78.8 cm³/mol. The van der Waals surface area contributed by atoms with Gasteiger partial charge in [-0.15, -0.1) is 0 Å². The van der Waals surface area contributed by atoms with Crippen LogP contribution in [0.25, 0.3) is 0 Å². The maximum atomic E-state index is 11.8. The molecule has 0 saturated heterocycles. The number of aliphatic hydroxyl groups is 1. The average molecular weight is 354 g/mol. The van der Waals surface area contributed by atoms with Gasteiger partial charge in [0.1, 0.15) is 11.6 Å². The number of halogens is 1. The molecule has 6 nitrogen and oxygen atoms in total. The molecule has 0 rings (SSSR count). The molecular formula is C13H24BrNO5. The first-order valence-corrected chi connectivity index (χ1v) is 7.72. The van der Waals surface area contributed by atoms with Gasteiger partial charge in [-0.25, -0.2) is 9.59 Å². The summed E-state index contributed by atoms with van der Waals surface area (Å²) in [7, 11) is 0. The Balaban J connectivity index is 4.52. The number of ether oxygens (including phenoxy) is 2. The van der Waals surface area contributed by atoms with Crippen LogP contribution in [0.3, 0.4) is 0 Å². The number of rotatable bonds is 7. The Labute approximate surface area is 128 Å². The van der Waals surface area contributed by atoms with Crippen LogP contribution < -0.4 is 5.32 Å². The summed E-state index contributed by atoms with van der Waals surface area (Å²) >= 11 is 3.15. The van der Waals surface area contributed by atoms with Crippen LogP contribution in [0.2, 0.25) is 0 Å². The van der Waals surface area contributed by atoms with Crippen LogP contribution in [-0.4, -0.2) is 46.9 Å². The molecule has 0 aliphatic carbocycles. The quantitative estimate of drug-likeness (QED) is 0.539. The standard InChI is InChI=1S/C13H24BrNO5/c1-5-19-11(17)10(7-6-9(16)8-14)15-12(18)20-13(2,3)4/h9-10,16H,5-8H2,1-4H3,(H,15,18)/t9-,10-/m0/s1. The topological polar surface area (TPSA) is 84.9 Å². The highest BCUT2D eigenvalue weighted by molar-refractivity contribution is 9.09. The lowest BCUT2D eigenvalue weighted by molar-refractivity contribution is -0.145. The van der Waals surface area contributed by atoms with E-state index in [-0.39, 0.29) is 13.0 Å². The second-order valence-electron chi connectivity index (χ2n) is 5.34. The molecule has 0 fully saturated rings. The molecule has 0 aromatic rings. The Hall–Kier alpha value is -0.820. The van der Waals surface area contributed by atoms with Gasteiger partial charge < -0.3 is 19.9 Å². The van der Waals surface area contributed by atoms with Crippen molar-refractivity contribution in [1.29, 1.82) is 0 Å². The van der Waals surface area contributed by atoms with E-state index in [4.69, 9.17) is 9.47 Å². The van der Waals surface area contributed by atoms with Crippen LogP contribution in [0.4, 0.5) is 4.79 Å². The van der Waals surface area contributed by atoms with Crippen molar-refractivity contribution in [3.8, 4) is 0 Å². The van der Waals surface area contributed by atoms with Crippen LogP contribution >= 0.6 is 15.9 Å². The fraction of sp³-hybridized carbons (Fsp3) is 0.846. The number of carbonyl (C=O) groups is 2. The number of carbonyl (C=O) groups excluding carboxylic acids is 2. The summed E-state index contributed by atoms with van der Waals surface area (Å²) in [5.41, 5.74) is -0.640. The van der Waals surface area contributed by atoms with Crippen LogP contribution in [0.5, 0.6) is 0 Å². The zero-order valence-corrected chi connectivity index (χ0v) is 14.0. The number of amides is 1. The Morgan fingerprint density at radius 1 is 1.30 bits per heavy atom. The molecule has 118 valence electrons. The Kier molecular flexibility index (Phi) is 8.80. The monoisotopic (exact) mass is 353 g/mol. The van der Waals surface area contributed by atoms with Gasteiger partial charge in [0.15, 0.2) is 0 Å². The summed E-state index contributed by atoms with van der Waals surface area (Å²) in [5, 5.41) is 12.4. The van der Waals surface area contributed by atoms with E-state index in [1.54, 1.807) is 27.7 Å². The van der Waals surface area contributed by atoms with Crippen molar-refractivity contribution < 1.29 is 24.2 Å². The number of alkyl halides is 1. The third kappa shape index (κ3) is 9.14. The lowest BCUT2D eigenvalue weighted by atomic mass is 10.1. The molecule has 0 radical (unpaired) electrons. The number of alkyl carbamates (subject to hydrolysis) is 1. The number of esters is 1. The first-order valence-electron chi connectivity index (χ1n) is 6.59. The van der Waals surface area contributed by atoms with Crippen molar-refractivity contribution in [3.63, 3.8) is 0 Å². The van der Waals surface area contributed by atoms with Gasteiger partial charge in [0, 0.05) is 5.33 Å². The second kappa shape index (κ2) is 9.18. The van der Waals surface area contributed by atoms with E-state index in [9.17, 15) is 14.7 Å². The first kappa shape index (κ1) is 19.2. The minimum absolute atomic E-state index is 0.229. The van der Waals surface area contributed by atoms with Crippen LogP contribution in [-0.2, 0) is 14.3 Å². The number of hydrogen-bond acceptors (Lipinski definition) is 5. The fourth-order valence-corrected chi connectivity index (χ4v) is 1.70. The molecule has 2 N–H and O–H groups in total. The zero-order valence-electron chi connectivity index (χ0n) is 12.4. The SMILES string of the molecule is CCOC(=O)[C@H](CC[C@H](O)CBr)NC(=O)OC(C)(C)C. The number of hydrogen-bond donors (Lipinski definition) is 2. The molecule has 0 spiro atoms. The van der Waals surface area contributed by atoms with Crippen molar-refractivity contribution in [1.82, 2.24) is 5.32 Å².